The molecule has 0 aromatic heterocycles. The van der Waals surface area contributed by atoms with E-state index in [4.69, 9.17) is 27.4 Å². The Morgan fingerprint density at radius 1 is 1.04 bits per heavy atom. The average Bonchev–Trinajstić information content (AvgIpc) is 2.56. The minimum Gasteiger partial charge on any atom is -0.493 e. The fraction of sp³-hybridized carbons (Fsp3) is 0.125. The quantitative estimate of drug-likeness (QED) is 0.500. The summed E-state index contributed by atoms with van der Waals surface area (Å²) in [7, 11) is 3.10. The third kappa shape index (κ3) is 4.17. The Hall–Kier alpha value is -2.67. The normalized spacial score (nSPS) is 11.0. The van der Waals surface area contributed by atoms with Gasteiger partial charge in [0.2, 0.25) is 0 Å². The van der Waals surface area contributed by atoms with Crippen LogP contribution >= 0.6 is 12.2 Å². The van der Waals surface area contributed by atoms with E-state index in [-0.39, 0.29) is 10.9 Å². The predicted octanol–water partition coefficient (Wildman–Crippen LogP) is 2.43. The number of nitrogens with zero attached hydrogens (tertiary/aromatic N) is 1. The third-order valence-electron chi connectivity index (χ3n) is 3.05. The molecule has 0 aliphatic carbocycles. The number of ether oxygens (including phenoxy) is 2. The van der Waals surface area contributed by atoms with Crippen molar-refractivity contribution in [2.45, 2.75) is 0 Å². The molecule has 3 N–H and O–H groups in total. The van der Waals surface area contributed by atoms with Crippen molar-refractivity contribution >= 4 is 23.0 Å². The largest absolute Gasteiger partial charge is 0.493 e. The van der Waals surface area contributed by atoms with Gasteiger partial charge in [-0.3, -0.25) is 5.43 Å². The lowest BCUT2D eigenvalue weighted by molar-refractivity contribution is 0.355. The van der Waals surface area contributed by atoms with Gasteiger partial charge in [0.05, 0.1) is 19.9 Å². The van der Waals surface area contributed by atoms with E-state index in [2.05, 4.69) is 10.5 Å². The van der Waals surface area contributed by atoms with Gasteiger partial charge < -0.3 is 15.2 Å². The molecule has 0 saturated carbocycles. The number of hydrazone groups is 1. The Labute approximate surface area is 138 Å². The summed E-state index contributed by atoms with van der Waals surface area (Å²) in [5.74, 6) is 0.815. The first kappa shape index (κ1) is 16.7. The topological polar surface area (TPSA) is 68.9 Å². The van der Waals surface area contributed by atoms with Crippen LogP contribution < -0.4 is 20.6 Å². The number of thiocarbonyl (C=S) groups is 1. The molecule has 7 heteroatoms. The molecule has 2 aromatic rings. The van der Waals surface area contributed by atoms with E-state index in [1.165, 1.54) is 12.1 Å². The Morgan fingerprint density at radius 3 is 2.22 bits per heavy atom. The number of rotatable bonds is 5. The molecule has 120 valence electrons. The van der Waals surface area contributed by atoms with Crippen molar-refractivity contribution in [1.29, 1.82) is 0 Å². The maximum absolute atomic E-state index is 13.2. The molecule has 0 spiro atoms. The van der Waals surface area contributed by atoms with Crippen LogP contribution in [0.3, 0.4) is 0 Å². The smallest absolute Gasteiger partial charge is 0.184 e. The summed E-state index contributed by atoms with van der Waals surface area (Å²) in [6.45, 7) is 0. The van der Waals surface area contributed by atoms with E-state index in [0.717, 1.165) is 5.56 Å². The Morgan fingerprint density at radius 2 is 1.65 bits per heavy atom. The lowest BCUT2D eigenvalue weighted by Gasteiger charge is -2.12. The molecule has 0 fully saturated rings. The molecule has 0 aliphatic rings. The first-order chi connectivity index (χ1) is 11.0. The number of hydrogen-bond acceptors (Lipinski definition) is 4. The van der Waals surface area contributed by atoms with Gasteiger partial charge in [0.1, 0.15) is 5.82 Å². The summed E-state index contributed by atoms with van der Waals surface area (Å²) < 4.78 is 23.7. The highest BCUT2D eigenvalue weighted by Gasteiger charge is 2.12. The van der Waals surface area contributed by atoms with E-state index in [1.54, 1.807) is 38.5 Å². The molecule has 23 heavy (non-hydrogen) atoms. The van der Waals surface area contributed by atoms with Crippen LogP contribution in [0.25, 0.3) is 0 Å². The van der Waals surface area contributed by atoms with E-state index in [9.17, 15) is 4.39 Å². The molecule has 5 nitrogen and oxygen atoms in total. The van der Waals surface area contributed by atoms with Gasteiger partial charge in [0, 0.05) is 11.1 Å². The minimum absolute atomic E-state index is 0.0325. The summed E-state index contributed by atoms with van der Waals surface area (Å²) >= 11 is 4.78. The molecule has 0 heterocycles. The van der Waals surface area contributed by atoms with Crippen LogP contribution in [-0.2, 0) is 0 Å². The van der Waals surface area contributed by atoms with Gasteiger partial charge >= 0.3 is 0 Å². The zero-order chi connectivity index (χ0) is 16.8. The van der Waals surface area contributed by atoms with Gasteiger partial charge in [-0.25, -0.2) is 4.39 Å². The van der Waals surface area contributed by atoms with Crippen LogP contribution in [0.15, 0.2) is 47.6 Å². The summed E-state index contributed by atoms with van der Waals surface area (Å²) in [4.78, 5) is 0. The number of halogens is 1. The highest BCUT2D eigenvalue weighted by atomic mass is 32.1. The molecule has 0 radical (unpaired) electrons. The van der Waals surface area contributed by atoms with Gasteiger partial charge in [0.25, 0.3) is 0 Å². The summed E-state index contributed by atoms with van der Waals surface area (Å²) in [5.41, 5.74) is 9.96. The van der Waals surface area contributed by atoms with Crippen LogP contribution in [0.4, 0.5) is 4.39 Å². The van der Waals surface area contributed by atoms with Crippen LogP contribution in [0.1, 0.15) is 11.1 Å². The van der Waals surface area contributed by atoms with E-state index >= 15 is 0 Å². The Kier molecular flexibility index (Phi) is 5.48. The predicted molar refractivity (Wildman–Crippen MR) is 91.5 cm³/mol. The molecular formula is C16H16FN3O2S. The van der Waals surface area contributed by atoms with Crippen LogP contribution in [0, 0.1) is 5.82 Å². The van der Waals surface area contributed by atoms with Gasteiger partial charge in [-0.15, -0.1) is 0 Å². The fourth-order valence-electron chi connectivity index (χ4n) is 2.00. The lowest BCUT2D eigenvalue weighted by atomic mass is 10.0. The zero-order valence-corrected chi connectivity index (χ0v) is 13.5. The van der Waals surface area contributed by atoms with E-state index in [1.807, 2.05) is 6.07 Å². The van der Waals surface area contributed by atoms with Gasteiger partial charge in [0.15, 0.2) is 16.6 Å². The maximum atomic E-state index is 13.2. The SMILES string of the molecule is COc1ccc(/C(=N\NC(N)=S)c2ccc(F)cc2)cc1OC. The number of methoxy groups -OCH3 is 2. The second kappa shape index (κ2) is 7.55. The second-order valence-electron chi connectivity index (χ2n) is 4.51. The van der Waals surface area contributed by atoms with Crippen LogP contribution in [0.5, 0.6) is 11.5 Å². The first-order valence-corrected chi connectivity index (χ1v) is 7.07. The van der Waals surface area contributed by atoms with Gasteiger partial charge in [-0.2, -0.15) is 5.10 Å². The maximum Gasteiger partial charge on any atom is 0.184 e. The van der Waals surface area contributed by atoms with Crippen molar-refractivity contribution in [2.24, 2.45) is 10.8 Å². The van der Waals surface area contributed by atoms with Crippen molar-refractivity contribution in [3.05, 3.63) is 59.4 Å². The van der Waals surface area contributed by atoms with Crippen molar-refractivity contribution in [3.63, 3.8) is 0 Å². The number of benzene rings is 2. The molecule has 0 saturated heterocycles. The molecule has 0 bridgehead atoms. The second-order valence-corrected chi connectivity index (χ2v) is 4.95. The van der Waals surface area contributed by atoms with Crippen LogP contribution in [0.2, 0.25) is 0 Å². The van der Waals surface area contributed by atoms with E-state index < -0.39 is 0 Å². The zero-order valence-electron chi connectivity index (χ0n) is 12.7. The molecule has 0 atom stereocenters. The Bertz CT molecular complexity index is 733. The van der Waals surface area contributed by atoms with Crippen molar-refractivity contribution in [2.75, 3.05) is 14.2 Å². The molecule has 0 amide bonds. The van der Waals surface area contributed by atoms with Crippen molar-refractivity contribution < 1.29 is 13.9 Å². The van der Waals surface area contributed by atoms with Gasteiger partial charge in [-0.1, -0.05) is 0 Å². The monoisotopic (exact) mass is 333 g/mol. The lowest BCUT2D eigenvalue weighted by Crippen LogP contribution is -2.26. The average molecular weight is 333 g/mol. The number of nitrogens with two attached hydrogens (primary N) is 1. The fourth-order valence-corrected chi connectivity index (χ4v) is 2.04. The van der Waals surface area contributed by atoms with Gasteiger partial charge in [-0.05, 0) is 54.7 Å². The number of nitrogens with one attached hydrogen (secondary N) is 1. The van der Waals surface area contributed by atoms with Crippen LogP contribution in [-0.4, -0.2) is 25.0 Å². The Balaban J connectivity index is 2.51. The highest BCUT2D eigenvalue weighted by Crippen LogP contribution is 2.28. The molecule has 0 unspecified atom stereocenters. The summed E-state index contributed by atoms with van der Waals surface area (Å²) in [5, 5.41) is 4.24. The standard InChI is InChI=1S/C16H16FN3O2S/c1-21-13-8-5-11(9-14(13)22-2)15(19-20-16(18)23)10-3-6-12(17)7-4-10/h3-9H,1-2H3,(H3,18,20,23)/b19-15-. The van der Waals surface area contributed by atoms with Crippen molar-refractivity contribution in [3.8, 4) is 11.5 Å². The summed E-state index contributed by atoms with van der Waals surface area (Å²) in [6, 6.07) is 11.3. The van der Waals surface area contributed by atoms with Crippen molar-refractivity contribution in [1.82, 2.24) is 5.43 Å². The number of hydrogen-bond donors (Lipinski definition) is 2. The molecule has 0 aliphatic heterocycles. The molecule has 2 rings (SSSR count). The highest BCUT2D eigenvalue weighted by molar-refractivity contribution is 7.80. The molecular weight excluding hydrogens is 317 g/mol. The molecule has 2 aromatic carbocycles. The third-order valence-corrected chi connectivity index (χ3v) is 3.14. The minimum atomic E-state index is -0.331. The summed E-state index contributed by atoms with van der Waals surface area (Å²) in [6.07, 6.45) is 0. The van der Waals surface area contributed by atoms with E-state index in [0.29, 0.717) is 22.8 Å². The first-order valence-electron chi connectivity index (χ1n) is 6.66.